The van der Waals surface area contributed by atoms with Crippen LogP contribution in [0.15, 0.2) is 0 Å². The van der Waals surface area contributed by atoms with Crippen molar-refractivity contribution in [3.05, 3.63) is 0 Å². The van der Waals surface area contributed by atoms with Gasteiger partial charge in [0.1, 0.15) is 6.04 Å². The standard InChI is InChI=1S/C11H22N2O4S/c1-4-18(15,16)13-7-5-10(6-8-13)12-9(2)11(14)17-3/h9-10,12H,4-8H2,1-3H3. The lowest BCUT2D eigenvalue weighted by molar-refractivity contribution is -0.142. The van der Waals surface area contributed by atoms with Gasteiger partial charge in [0.15, 0.2) is 0 Å². The van der Waals surface area contributed by atoms with Crippen LogP contribution in [0.3, 0.4) is 0 Å². The van der Waals surface area contributed by atoms with Gasteiger partial charge in [-0.2, -0.15) is 0 Å². The lowest BCUT2D eigenvalue weighted by atomic mass is 10.1. The number of hydrogen-bond acceptors (Lipinski definition) is 5. The highest BCUT2D eigenvalue weighted by atomic mass is 32.2. The molecule has 0 bridgehead atoms. The lowest BCUT2D eigenvalue weighted by Crippen LogP contribution is -2.49. The third-order valence-electron chi connectivity index (χ3n) is 3.25. The minimum atomic E-state index is -3.08. The van der Waals surface area contributed by atoms with Gasteiger partial charge < -0.3 is 10.1 Å². The maximum Gasteiger partial charge on any atom is 0.322 e. The van der Waals surface area contributed by atoms with Gasteiger partial charge in [-0.05, 0) is 26.7 Å². The molecule has 0 spiro atoms. The van der Waals surface area contributed by atoms with Crippen molar-refractivity contribution in [2.24, 2.45) is 0 Å². The molecule has 0 saturated carbocycles. The molecule has 1 atom stereocenters. The van der Waals surface area contributed by atoms with E-state index < -0.39 is 10.0 Å². The van der Waals surface area contributed by atoms with Crippen molar-refractivity contribution in [3.63, 3.8) is 0 Å². The van der Waals surface area contributed by atoms with Crippen LogP contribution in [0.2, 0.25) is 0 Å². The average molecular weight is 278 g/mol. The summed E-state index contributed by atoms with van der Waals surface area (Å²) in [5.74, 6) is -0.150. The summed E-state index contributed by atoms with van der Waals surface area (Å²) < 4.78 is 29.5. The molecule has 7 heteroatoms. The van der Waals surface area contributed by atoms with E-state index in [0.717, 1.165) is 12.8 Å². The monoisotopic (exact) mass is 278 g/mol. The number of methoxy groups -OCH3 is 1. The first-order valence-corrected chi connectivity index (χ1v) is 7.83. The first-order valence-electron chi connectivity index (χ1n) is 6.22. The van der Waals surface area contributed by atoms with Crippen molar-refractivity contribution in [1.29, 1.82) is 0 Å². The van der Waals surface area contributed by atoms with Gasteiger partial charge in [0.2, 0.25) is 10.0 Å². The summed E-state index contributed by atoms with van der Waals surface area (Å²) in [4.78, 5) is 11.3. The fourth-order valence-corrected chi connectivity index (χ4v) is 3.21. The minimum absolute atomic E-state index is 0.143. The van der Waals surface area contributed by atoms with Crippen molar-refractivity contribution in [2.75, 3.05) is 26.0 Å². The molecule has 0 aromatic rings. The summed E-state index contributed by atoms with van der Waals surface area (Å²) in [7, 11) is -1.72. The van der Waals surface area contributed by atoms with Crippen LogP contribution in [-0.2, 0) is 19.6 Å². The van der Waals surface area contributed by atoms with Gasteiger partial charge in [0.25, 0.3) is 0 Å². The quantitative estimate of drug-likeness (QED) is 0.714. The van der Waals surface area contributed by atoms with E-state index in [1.807, 2.05) is 0 Å². The van der Waals surface area contributed by atoms with Crippen LogP contribution >= 0.6 is 0 Å². The zero-order valence-corrected chi connectivity index (χ0v) is 12.0. The molecule has 1 aliphatic rings. The molecule has 1 aliphatic heterocycles. The van der Waals surface area contributed by atoms with E-state index in [1.54, 1.807) is 13.8 Å². The van der Waals surface area contributed by atoms with Gasteiger partial charge in [-0.1, -0.05) is 0 Å². The largest absolute Gasteiger partial charge is 0.468 e. The van der Waals surface area contributed by atoms with E-state index in [2.05, 4.69) is 10.1 Å². The maximum atomic E-state index is 11.7. The van der Waals surface area contributed by atoms with Crippen LogP contribution in [0.5, 0.6) is 0 Å². The number of nitrogens with one attached hydrogen (secondary N) is 1. The van der Waals surface area contributed by atoms with Crippen LogP contribution in [-0.4, -0.2) is 56.7 Å². The normalized spacial score (nSPS) is 20.6. The van der Waals surface area contributed by atoms with Crippen molar-refractivity contribution in [3.8, 4) is 0 Å². The Morgan fingerprint density at radius 2 is 2.00 bits per heavy atom. The van der Waals surface area contributed by atoms with Crippen molar-refractivity contribution < 1.29 is 17.9 Å². The molecule has 1 saturated heterocycles. The molecule has 0 aromatic heterocycles. The smallest absolute Gasteiger partial charge is 0.322 e. The number of piperidine rings is 1. The minimum Gasteiger partial charge on any atom is -0.468 e. The van der Waals surface area contributed by atoms with Crippen LogP contribution in [0.1, 0.15) is 26.7 Å². The number of ether oxygens (including phenoxy) is 1. The van der Waals surface area contributed by atoms with Crippen LogP contribution in [0.4, 0.5) is 0 Å². The van der Waals surface area contributed by atoms with Gasteiger partial charge in [-0.15, -0.1) is 0 Å². The molecule has 1 fully saturated rings. The molecule has 1 unspecified atom stereocenters. The van der Waals surface area contributed by atoms with Crippen molar-refractivity contribution >= 4 is 16.0 Å². The highest BCUT2D eigenvalue weighted by Crippen LogP contribution is 2.14. The fourth-order valence-electron chi connectivity index (χ4n) is 2.08. The first kappa shape index (κ1) is 15.4. The number of carbonyl (C=O) groups excluding carboxylic acids is 1. The molecule has 1 N–H and O–H groups in total. The molecule has 0 aliphatic carbocycles. The van der Waals surface area contributed by atoms with E-state index in [9.17, 15) is 13.2 Å². The van der Waals surface area contributed by atoms with Gasteiger partial charge in [-0.25, -0.2) is 12.7 Å². The summed E-state index contributed by atoms with van der Waals surface area (Å²) in [6.45, 7) is 4.43. The Morgan fingerprint density at radius 3 is 2.44 bits per heavy atom. The third-order valence-corrected chi connectivity index (χ3v) is 5.13. The molecule has 0 radical (unpaired) electrons. The molecule has 18 heavy (non-hydrogen) atoms. The summed E-state index contributed by atoms with van der Waals surface area (Å²) in [5, 5.41) is 3.16. The first-order chi connectivity index (χ1) is 8.40. The Bertz CT molecular complexity index is 375. The molecular weight excluding hydrogens is 256 g/mol. The van der Waals surface area contributed by atoms with Gasteiger partial charge in [0, 0.05) is 19.1 Å². The Kier molecular flexibility index (Phi) is 5.55. The van der Waals surface area contributed by atoms with Crippen molar-refractivity contribution in [2.45, 2.75) is 38.8 Å². The number of carbonyl (C=O) groups is 1. The van der Waals surface area contributed by atoms with Crippen LogP contribution in [0, 0.1) is 0 Å². The number of esters is 1. The van der Waals surface area contributed by atoms with E-state index in [-0.39, 0.29) is 23.8 Å². The summed E-state index contributed by atoms with van der Waals surface area (Å²) >= 11 is 0. The van der Waals surface area contributed by atoms with E-state index in [4.69, 9.17) is 0 Å². The molecule has 1 heterocycles. The topological polar surface area (TPSA) is 75.7 Å². The second-order valence-electron chi connectivity index (χ2n) is 4.49. The SMILES string of the molecule is CCS(=O)(=O)N1CCC(NC(C)C(=O)OC)CC1. The molecular formula is C11H22N2O4S. The van der Waals surface area contributed by atoms with E-state index >= 15 is 0 Å². The predicted octanol–water partition coefficient (Wildman–Crippen LogP) is -0.0484. The number of nitrogens with zero attached hydrogens (tertiary/aromatic N) is 1. The lowest BCUT2D eigenvalue weighted by Gasteiger charge is -2.32. The van der Waals surface area contributed by atoms with Crippen molar-refractivity contribution in [1.82, 2.24) is 9.62 Å². The molecule has 1 rings (SSSR count). The van der Waals surface area contributed by atoms with Gasteiger partial charge >= 0.3 is 5.97 Å². The Balaban J connectivity index is 2.43. The average Bonchev–Trinajstić information content (AvgIpc) is 2.38. The molecule has 106 valence electrons. The zero-order chi connectivity index (χ0) is 13.8. The van der Waals surface area contributed by atoms with Gasteiger partial charge in [0.05, 0.1) is 12.9 Å². The zero-order valence-electron chi connectivity index (χ0n) is 11.2. The maximum absolute atomic E-state index is 11.7. The van der Waals surface area contributed by atoms with E-state index in [0.29, 0.717) is 13.1 Å². The second-order valence-corrected chi connectivity index (χ2v) is 6.74. The summed E-state index contributed by atoms with van der Waals surface area (Å²) in [6, 6.07) is -0.184. The van der Waals surface area contributed by atoms with Gasteiger partial charge in [-0.3, -0.25) is 4.79 Å². The number of rotatable bonds is 5. The molecule has 6 nitrogen and oxygen atoms in total. The van der Waals surface area contributed by atoms with Crippen LogP contribution < -0.4 is 5.32 Å². The predicted molar refractivity (Wildman–Crippen MR) is 68.7 cm³/mol. The summed E-state index contributed by atoms with van der Waals surface area (Å²) in [6.07, 6.45) is 1.45. The fraction of sp³-hybridized carbons (Fsp3) is 0.909. The Labute approximate surface area is 109 Å². The third kappa shape index (κ3) is 3.93. The second kappa shape index (κ2) is 6.49. The van der Waals surface area contributed by atoms with E-state index in [1.165, 1.54) is 11.4 Å². The molecule has 0 aromatic carbocycles. The number of sulfonamides is 1. The number of hydrogen-bond donors (Lipinski definition) is 1. The van der Waals surface area contributed by atoms with Crippen LogP contribution in [0.25, 0.3) is 0 Å². The molecule has 0 amide bonds. The Hall–Kier alpha value is -0.660. The highest BCUT2D eigenvalue weighted by Gasteiger charge is 2.28. The Morgan fingerprint density at radius 1 is 1.44 bits per heavy atom. The highest BCUT2D eigenvalue weighted by molar-refractivity contribution is 7.89. The summed E-state index contributed by atoms with van der Waals surface area (Å²) in [5.41, 5.74) is 0.